The molecule has 452 valence electrons. The molecule has 0 aromatic heterocycles. The number of benzene rings is 1. The Morgan fingerprint density at radius 2 is 1.35 bits per heavy atom. The van der Waals surface area contributed by atoms with E-state index >= 15 is 0 Å². The average molecular weight is 1150 g/mol. The van der Waals surface area contributed by atoms with Gasteiger partial charge in [-0.25, -0.2) is 4.79 Å². The van der Waals surface area contributed by atoms with E-state index in [9.17, 15) is 34.5 Å². The normalized spacial score (nSPS) is 25.8. The summed E-state index contributed by atoms with van der Waals surface area (Å²) in [5, 5.41) is 43.3. The maximum atomic E-state index is 12.4. The smallest absolute Gasteiger partial charge is 0.315 e. The van der Waals surface area contributed by atoms with Crippen molar-refractivity contribution < 1.29 is 94.3 Å². The first-order chi connectivity index (χ1) is 43.7. The van der Waals surface area contributed by atoms with E-state index in [1.165, 1.54) is 11.9 Å². The number of hydrogen-bond acceptors (Lipinski definition) is 20. The summed E-state index contributed by atoms with van der Waals surface area (Å²) in [6.07, 6.45) is -9.92. The largest absolute Gasteiger partial charge is 0.465 e. The Morgan fingerprint density at radius 3 is 1.88 bits per heavy atom. The van der Waals surface area contributed by atoms with E-state index in [1.807, 2.05) is 11.8 Å². The SMILES string of the molecule is CN(CC=O)C(=O)CCCC[C@@H]1SC[C@@H]2NC(=O)N[C@@H]21.[2H]C([2H])(CCOCCOCCOCCC([2H])([2H])C([2H])([2H])NCCC(=O)Nc1ccc(OC2OC(CO)C(O)C(O)C2C)cc1)C([2H])([2H])NC.[2H]C([2H])(N)C([2H])([2H])CCOCCOCCOCCC([2H])([2H])C([2H])([2H])N. The van der Waals surface area contributed by atoms with Crippen LogP contribution in [-0.4, -0.2) is 231 Å². The van der Waals surface area contributed by atoms with Crippen LogP contribution in [0.2, 0.25) is 0 Å². The third-order valence-electron chi connectivity index (χ3n) is 11.5. The lowest BCUT2D eigenvalue weighted by atomic mass is 9.92. The Hall–Kier alpha value is -3.31. The number of ether oxygens (including phenoxy) is 8. The van der Waals surface area contributed by atoms with Crippen LogP contribution in [0, 0.1) is 5.92 Å². The zero-order valence-corrected chi connectivity index (χ0v) is 46.3. The molecule has 23 nitrogen and oxygen atoms in total. The Kier molecular flexibility index (Phi) is 29.3. The second kappa shape index (κ2) is 47.3. The van der Waals surface area contributed by atoms with E-state index in [0.717, 1.165) is 31.3 Å². The zero-order chi connectivity index (χ0) is 71.2. The molecule has 5 unspecified atom stereocenters. The van der Waals surface area contributed by atoms with Gasteiger partial charge < -0.3 is 101 Å². The first-order valence-corrected chi connectivity index (χ1v) is 27.3. The minimum absolute atomic E-state index is 0.0133. The molecule has 3 aliphatic rings. The van der Waals surface area contributed by atoms with Gasteiger partial charge in [-0.2, -0.15) is 11.8 Å². The summed E-state index contributed by atoms with van der Waals surface area (Å²) >= 11 is 1.89. The highest BCUT2D eigenvalue weighted by atomic mass is 32.2. The minimum Gasteiger partial charge on any atom is -0.465 e. The number of carbonyl (C=O) groups excluding carboxylic acids is 4. The number of nitrogens with one attached hydrogen (secondary N) is 5. The van der Waals surface area contributed by atoms with Gasteiger partial charge in [0.2, 0.25) is 18.1 Å². The first-order valence-electron chi connectivity index (χ1n) is 34.2. The number of aliphatic hydroxyl groups excluding tert-OH is 3. The van der Waals surface area contributed by atoms with Gasteiger partial charge in [-0.1, -0.05) is 13.3 Å². The Bertz CT molecular complexity index is 2320. The lowest BCUT2D eigenvalue weighted by Crippen LogP contribution is -2.56. The summed E-state index contributed by atoms with van der Waals surface area (Å²) in [5.41, 5.74) is 10.6. The fraction of sp³-hybridized carbons (Fsp3) is 0.815. The molecular weight excluding hydrogens is 1030 g/mol. The van der Waals surface area contributed by atoms with Crippen LogP contribution in [0.25, 0.3) is 0 Å². The second-order valence-corrected chi connectivity index (χ2v) is 18.7. The lowest BCUT2D eigenvalue weighted by Gasteiger charge is -2.40. The summed E-state index contributed by atoms with van der Waals surface area (Å²) < 4.78 is 165. The number of fused-ring (bicyclic) bond motifs is 1. The number of amides is 4. The van der Waals surface area contributed by atoms with E-state index in [-0.39, 0.29) is 148 Å². The summed E-state index contributed by atoms with van der Waals surface area (Å²) in [6.45, 7) is -6.76. The number of hydrogen-bond donors (Lipinski definition) is 10. The molecule has 0 spiro atoms. The third kappa shape index (κ3) is 33.4. The number of aldehydes is 1. The van der Waals surface area contributed by atoms with Gasteiger partial charge in [-0.05, 0) is 121 Å². The lowest BCUT2D eigenvalue weighted by molar-refractivity contribution is -0.256. The van der Waals surface area contributed by atoms with Crippen LogP contribution in [0.15, 0.2) is 24.3 Å². The monoisotopic (exact) mass is 1150 g/mol. The molecule has 24 heteroatoms. The number of rotatable bonds is 44. The summed E-state index contributed by atoms with van der Waals surface area (Å²) in [6, 6.07) is 6.70. The molecule has 4 rings (SSSR count). The molecule has 4 amide bonds. The van der Waals surface area contributed by atoms with Crippen molar-refractivity contribution in [3.63, 3.8) is 0 Å². The standard InChI is InChI=1S/C29H51N3O9.C13H21N3O3S.C12H28N2O3/c1-22-27(35)28(36)25(21-33)41-29(22)40-24-9-7-23(8-10-24)32-26(34)11-14-31-13-4-6-16-38-18-20-39-19-17-37-15-5-3-12-30-2;1-16(6-7-17)11(18)5-3-2-4-10-12-9(8-20-10)14-13(19)15-12;13-5-1-3-7-15-9-11-17-12-10-16-8-4-2-6-14/h7-10,22,25,27-31,33,35-36H,3-6,11-21H2,1-2H3,(H,32,34);7,9-10,12H,2-6,8H2,1H3,(H2,14,15,19);1-14H2/t;9-,10-,12-;/m.0./s1/i3D2,4D2,12D2,13D2;;1D2,2D2,5D2,6D2. The maximum Gasteiger partial charge on any atom is 0.315 e. The van der Waals surface area contributed by atoms with Crippen molar-refractivity contribution in [1.82, 2.24) is 26.2 Å². The average Bonchev–Trinajstić information content (AvgIpc) is 1.38. The number of urea groups is 1. The van der Waals surface area contributed by atoms with Crippen molar-refractivity contribution >= 4 is 41.6 Å². The molecule has 12 N–H and O–H groups in total. The van der Waals surface area contributed by atoms with E-state index in [4.69, 9.17) is 71.3 Å². The molecule has 1 aromatic rings. The Balaban J connectivity index is 0.000000552. The van der Waals surface area contributed by atoms with Crippen molar-refractivity contribution in [2.45, 2.75) is 132 Å². The van der Waals surface area contributed by atoms with Crippen LogP contribution in [0.5, 0.6) is 5.75 Å². The van der Waals surface area contributed by atoms with Crippen molar-refractivity contribution in [3.8, 4) is 5.75 Å². The van der Waals surface area contributed by atoms with Crippen LogP contribution in [0.4, 0.5) is 10.5 Å². The van der Waals surface area contributed by atoms with Crippen molar-refractivity contribution in [1.29, 1.82) is 0 Å². The molecule has 3 aliphatic heterocycles. The molecule has 0 saturated carbocycles. The van der Waals surface area contributed by atoms with E-state index < -0.39 is 94.5 Å². The Labute approximate surface area is 491 Å². The van der Waals surface area contributed by atoms with Gasteiger partial charge in [0.25, 0.3) is 0 Å². The van der Waals surface area contributed by atoms with E-state index in [1.54, 1.807) is 38.2 Å². The number of carbonyl (C=O) groups is 4. The molecule has 0 aliphatic carbocycles. The predicted octanol–water partition coefficient (Wildman–Crippen LogP) is 1.77. The zero-order valence-electron chi connectivity index (χ0n) is 61.4. The second-order valence-electron chi connectivity index (χ2n) is 17.4. The van der Waals surface area contributed by atoms with Crippen LogP contribution < -0.4 is 42.8 Å². The van der Waals surface area contributed by atoms with Gasteiger partial charge in [0, 0.05) is 97.4 Å². The first kappa shape index (κ1) is 48.2. The van der Waals surface area contributed by atoms with E-state index in [2.05, 4.69) is 26.6 Å². The molecule has 1 aromatic carbocycles. The summed E-state index contributed by atoms with van der Waals surface area (Å²) in [5.74, 6) is 0.334. The highest BCUT2D eigenvalue weighted by Crippen LogP contribution is 2.33. The molecule has 0 radical (unpaired) electrons. The van der Waals surface area contributed by atoms with Gasteiger partial charge in [-0.15, -0.1) is 0 Å². The molecule has 3 heterocycles. The molecule has 8 atom stereocenters. The quantitative estimate of drug-likeness (QED) is 0.0253. The third-order valence-corrected chi connectivity index (χ3v) is 13.0. The highest BCUT2D eigenvalue weighted by molar-refractivity contribution is 8.00. The van der Waals surface area contributed by atoms with Crippen molar-refractivity contribution in [2.75, 3.05) is 150 Å². The minimum atomic E-state index is -2.46. The van der Waals surface area contributed by atoms with Gasteiger partial charge in [0.1, 0.15) is 24.2 Å². The number of thioether (sulfide) groups is 1. The topological polar surface area (TPSA) is 318 Å². The molecule has 78 heavy (non-hydrogen) atoms. The molecule has 3 saturated heterocycles. The predicted molar refractivity (Wildman–Crippen MR) is 302 cm³/mol. The van der Waals surface area contributed by atoms with Gasteiger partial charge in [0.05, 0.1) is 84.2 Å². The number of anilines is 1. The number of nitrogens with zero attached hydrogens (tertiary/aromatic N) is 1. The van der Waals surface area contributed by atoms with Crippen molar-refractivity contribution in [3.05, 3.63) is 24.3 Å². The number of likely N-dealkylation sites (N-methyl/N-ethyl adjacent to an activating group) is 1. The summed E-state index contributed by atoms with van der Waals surface area (Å²) in [4.78, 5) is 47.1. The van der Waals surface area contributed by atoms with E-state index in [0.29, 0.717) is 23.1 Å². The van der Waals surface area contributed by atoms with Crippen LogP contribution in [0.1, 0.15) is 112 Å². The Morgan fingerprint density at radius 1 is 0.795 bits per heavy atom. The van der Waals surface area contributed by atoms with Gasteiger partial charge >= 0.3 is 6.03 Å². The van der Waals surface area contributed by atoms with Gasteiger partial charge in [-0.3, -0.25) is 9.59 Å². The van der Waals surface area contributed by atoms with Gasteiger partial charge in [0.15, 0.2) is 0 Å². The number of aliphatic hydroxyl groups is 3. The van der Waals surface area contributed by atoms with Crippen molar-refractivity contribution in [2.24, 2.45) is 17.4 Å². The van der Waals surface area contributed by atoms with Crippen LogP contribution >= 0.6 is 11.8 Å². The number of unbranched alkanes of at least 4 members (excludes halogenated alkanes) is 1. The maximum absolute atomic E-state index is 12.4. The molecule has 0 bridgehead atoms. The molecule has 3 fully saturated rings. The summed E-state index contributed by atoms with van der Waals surface area (Å²) in [7, 11) is 2.99. The fourth-order valence-electron chi connectivity index (χ4n) is 7.23. The molecular formula is C54H100N8O15S. The van der Waals surface area contributed by atoms with Crippen LogP contribution in [-0.2, 0) is 47.5 Å². The van der Waals surface area contributed by atoms with Crippen LogP contribution in [0.3, 0.4) is 0 Å². The highest BCUT2D eigenvalue weighted by Gasteiger charge is 2.44. The fourth-order valence-corrected chi connectivity index (χ4v) is 8.78. The number of nitrogens with two attached hydrogens (primary N) is 2.